The predicted molar refractivity (Wildman–Crippen MR) is 114 cm³/mol. The van der Waals surface area contributed by atoms with E-state index in [1.807, 2.05) is 4.72 Å². The Balaban J connectivity index is 1.73. The van der Waals surface area contributed by atoms with Crippen LogP contribution in [0.15, 0.2) is 45.5 Å². The van der Waals surface area contributed by atoms with Gasteiger partial charge in [-0.15, -0.1) is 0 Å². The van der Waals surface area contributed by atoms with Crippen LogP contribution in [0.5, 0.6) is 0 Å². The molecule has 0 radical (unpaired) electrons. The maximum absolute atomic E-state index is 15.1. The second kappa shape index (κ2) is 8.05. The highest BCUT2D eigenvalue weighted by Crippen LogP contribution is 2.33. The van der Waals surface area contributed by atoms with E-state index in [1.165, 1.54) is 36.7 Å². The number of fused-ring (bicyclic) bond motifs is 1. The summed E-state index contributed by atoms with van der Waals surface area (Å²) in [5.41, 5.74) is -1.02. The number of benzene rings is 2. The number of anilines is 3. The second-order valence-electron chi connectivity index (χ2n) is 6.22. The Bertz CT molecular complexity index is 1430. The summed E-state index contributed by atoms with van der Waals surface area (Å²) in [6.45, 7) is 1.28. The van der Waals surface area contributed by atoms with Crippen molar-refractivity contribution in [3.05, 3.63) is 63.6 Å². The van der Waals surface area contributed by atoms with Crippen molar-refractivity contribution in [3.8, 4) is 0 Å². The van der Waals surface area contributed by atoms with Gasteiger partial charge in [-0.05, 0) is 47.1 Å². The van der Waals surface area contributed by atoms with E-state index in [-0.39, 0.29) is 21.8 Å². The molecule has 31 heavy (non-hydrogen) atoms. The van der Waals surface area contributed by atoms with Gasteiger partial charge in [0.05, 0.1) is 10.6 Å². The lowest BCUT2D eigenvalue weighted by Gasteiger charge is -2.14. The third kappa shape index (κ3) is 4.07. The first-order valence-electron chi connectivity index (χ1n) is 8.47. The molecule has 160 valence electrons. The molecule has 0 fully saturated rings. The first-order chi connectivity index (χ1) is 14.7. The number of hydrogen-bond acceptors (Lipinski definition) is 7. The van der Waals surface area contributed by atoms with Crippen LogP contribution >= 0.6 is 27.3 Å². The van der Waals surface area contributed by atoms with E-state index in [0.717, 1.165) is 18.2 Å². The highest BCUT2D eigenvalue weighted by atomic mass is 79.9. The Morgan fingerprint density at radius 2 is 1.84 bits per heavy atom. The topological polar surface area (TPSA) is 96.9 Å². The summed E-state index contributed by atoms with van der Waals surface area (Å²) in [5, 5.41) is 2.51. The lowest BCUT2D eigenvalue weighted by Crippen LogP contribution is -2.16. The van der Waals surface area contributed by atoms with Gasteiger partial charge in [0.2, 0.25) is 0 Å². The Kier molecular flexibility index (Phi) is 5.58. The standard InChI is InChI=1S/C18H11BrF3N5O2S2/c1-8-9(20)3-2-4-12(8)31(28,29)27-11-6-5-10(21)14(13(11)22)25-16-15-17(24-7-23-16)30-18(19)26-15/h2-7,27H,1H3,(H,23,24,25). The van der Waals surface area contributed by atoms with E-state index in [2.05, 4.69) is 36.2 Å². The van der Waals surface area contributed by atoms with Crippen LogP contribution in [0.2, 0.25) is 0 Å². The number of sulfonamides is 1. The average molecular weight is 530 g/mol. The monoisotopic (exact) mass is 529 g/mol. The van der Waals surface area contributed by atoms with Gasteiger partial charge in [-0.2, -0.15) is 0 Å². The van der Waals surface area contributed by atoms with Gasteiger partial charge in [0.15, 0.2) is 15.6 Å². The maximum atomic E-state index is 15.1. The molecule has 13 heteroatoms. The van der Waals surface area contributed by atoms with Gasteiger partial charge in [0.1, 0.15) is 34.0 Å². The molecule has 2 aromatic carbocycles. The molecule has 2 aromatic heterocycles. The fourth-order valence-electron chi connectivity index (χ4n) is 2.76. The Morgan fingerprint density at radius 3 is 2.61 bits per heavy atom. The van der Waals surface area contributed by atoms with Crippen molar-refractivity contribution in [1.82, 2.24) is 15.0 Å². The van der Waals surface area contributed by atoms with Crippen molar-refractivity contribution in [2.45, 2.75) is 11.8 Å². The normalized spacial score (nSPS) is 11.6. The molecular formula is C18H11BrF3N5O2S2. The van der Waals surface area contributed by atoms with Gasteiger partial charge in [-0.25, -0.2) is 36.5 Å². The van der Waals surface area contributed by atoms with Crippen LogP contribution in [0.3, 0.4) is 0 Å². The summed E-state index contributed by atoms with van der Waals surface area (Å²) in [7, 11) is -4.35. The molecule has 0 saturated carbocycles. The predicted octanol–water partition coefficient (Wildman–Crippen LogP) is 5.12. The van der Waals surface area contributed by atoms with Crippen LogP contribution in [0.25, 0.3) is 10.3 Å². The van der Waals surface area contributed by atoms with Crippen molar-refractivity contribution in [2.75, 3.05) is 10.0 Å². The van der Waals surface area contributed by atoms with Crippen molar-refractivity contribution < 1.29 is 21.6 Å². The summed E-state index contributed by atoms with van der Waals surface area (Å²) in [6.07, 6.45) is 1.20. The Morgan fingerprint density at radius 1 is 1.06 bits per heavy atom. The molecule has 4 aromatic rings. The van der Waals surface area contributed by atoms with Gasteiger partial charge >= 0.3 is 0 Å². The minimum atomic E-state index is -4.35. The number of nitrogens with zero attached hydrogens (tertiary/aromatic N) is 3. The van der Waals surface area contributed by atoms with Crippen molar-refractivity contribution >= 4 is 64.8 Å². The number of nitrogens with one attached hydrogen (secondary N) is 2. The first kappa shape index (κ1) is 21.5. The largest absolute Gasteiger partial charge is 0.333 e. The number of hydrogen-bond donors (Lipinski definition) is 2. The highest BCUT2D eigenvalue weighted by molar-refractivity contribution is 9.11. The number of thiazole rings is 1. The van der Waals surface area contributed by atoms with Gasteiger partial charge < -0.3 is 5.32 Å². The molecule has 2 heterocycles. The van der Waals surface area contributed by atoms with E-state index in [1.54, 1.807) is 0 Å². The van der Waals surface area contributed by atoms with Gasteiger partial charge in [0.25, 0.3) is 10.0 Å². The minimum absolute atomic E-state index is 0.0331. The fraction of sp³-hybridized carbons (Fsp3) is 0.0556. The van der Waals surface area contributed by atoms with Crippen LogP contribution in [-0.4, -0.2) is 23.4 Å². The fourth-order valence-corrected chi connectivity index (χ4v) is 5.35. The van der Waals surface area contributed by atoms with Crippen LogP contribution in [-0.2, 0) is 10.0 Å². The SMILES string of the molecule is Cc1c(F)cccc1S(=O)(=O)Nc1ccc(F)c(Nc2ncnc3sc(Br)nc23)c1F. The zero-order chi connectivity index (χ0) is 22.3. The second-order valence-corrected chi connectivity index (χ2v) is 10.1. The smallest absolute Gasteiger partial charge is 0.262 e. The van der Waals surface area contributed by atoms with Crippen LogP contribution in [0.1, 0.15) is 5.56 Å². The molecular weight excluding hydrogens is 519 g/mol. The summed E-state index contributed by atoms with van der Waals surface area (Å²) in [6, 6.07) is 5.32. The third-order valence-corrected chi connectivity index (χ3v) is 7.18. The molecule has 4 rings (SSSR count). The molecule has 0 amide bonds. The van der Waals surface area contributed by atoms with Gasteiger partial charge in [0, 0.05) is 5.56 Å². The maximum Gasteiger partial charge on any atom is 0.262 e. The van der Waals surface area contributed by atoms with E-state index in [9.17, 15) is 17.2 Å². The van der Waals surface area contributed by atoms with Crippen molar-refractivity contribution in [1.29, 1.82) is 0 Å². The van der Waals surface area contributed by atoms with E-state index in [0.29, 0.717) is 8.75 Å². The van der Waals surface area contributed by atoms with E-state index in [4.69, 9.17) is 0 Å². The van der Waals surface area contributed by atoms with Gasteiger partial charge in [-0.1, -0.05) is 17.4 Å². The van der Waals surface area contributed by atoms with E-state index >= 15 is 4.39 Å². The molecule has 0 aliphatic heterocycles. The van der Waals surface area contributed by atoms with Crippen molar-refractivity contribution in [3.63, 3.8) is 0 Å². The first-order valence-corrected chi connectivity index (χ1v) is 11.6. The molecule has 2 N–H and O–H groups in total. The van der Waals surface area contributed by atoms with Crippen LogP contribution in [0.4, 0.5) is 30.4 Å². The molecule has 0 spiro atoms. The summed E-state index contributed by atoms with van der Waals surface area (Å²) in [5.74, 6) is -2.89. The molecule has 0 saturated heterocycles. The molecule has 0 bridgehead atoms. The number of halogens is 4. The summed E-state index contributed by atoms with van der Waals surface area (Å²) in [4.78, 5) is 12.3. The molecule has 0 aliphatic rings. The quantitative estimate of drug-likeness (QED) is 0.372. The van der Waals surface area contributed by atoms with Crippen LogP contribution in [0, 0.1) is 24.4 Å². The molecule has 0 unspecified atom stereocenters. The molecule has 0 atom stereocenters. The Labute approximate surface area is 186 Å². The lowest BCUT2D eigenvalue weighted by atomic mass is 10.2. The minimum Gasteiger partial charge on any atom is -0.333 e. The van der Waals surface area contributed by atoms with E-state index < -0.39 is 38.8 Å². The van der Waals surface area contributed by atoms with Gasteiger partial charge in [-0.3, -0.25) is 4.72 Å². The molecule has 0 aliphatic carbocycles. The average Bonchev–Trinajstić information content (AvgIpc) is 3.10. The number of aromatic nitrogens is 3. The zero-order valence-electron chi connectivity index (χ0n) is 15.5. The number of rotatable bonds is 5. The third-order valence-electron chi connectivity index (χ3n) is 4.26. The molecule has 7 nitrogen and oxygen atoms in total. The Hall–Kier alpha value is -2.77. The summed E-state index contributed by atoms with van der Waals surface area (Å²) >= 11 is 4.41. The van der Waals surface area contributed by atoms with Crippen molar-refractivity contribution in [2.24, 2.45) is 0 Å². The summed E-state index contributed by atoms with van der Waals surface area (Å²) < 4.78 is 71.1. The highest BCUT2D eigenvalue weighted by Gasteiger charge is 2.23. The van der Waals surface area contributed by atoms with Crippen LogP contribution < -0.4 is 10.0 Å². The zero-order valence-corrected chi connectivity index (χ0v) is 18.7. The lowest BCUT2D eigenvalue weighted by molar-refractivity contribution is 0.585.